The first-order valence-corrected chi connectivity index (χ1v) is 11.8. The van der Waals surface area contributed by atoms with Gasteiger partial charge in [0, 0.05) is 18.4 Å². The lowest BCUT2D eigenvalue weighted by Crippen LogP contribution is -2.33. The van der Waals surface area contributed by atoms with E-state index in [0.717, 1.165) is 24.5 Å². The number of halogens is 2. The van der Waals surface area contributed by atoms with Crippen LogP contribution in [0.25, 0.3) is 0 Å². The van der Waals surface area contributed by atoms with Gasteiger partial charge in [0.1, 0.15) is 39.3 Å². The zero-order valence-corrected chi connectivity index (χ0v) is 17.9. The third kappa shape index (κ3) is 4.46. The van der Waals surface area contributed by atoms with Crippen LogP contribution in [0.2, 0.25) is 0 Å². The van der Waals surface area contributed by atoms with E-state index in [2.05, 4.69) is 25.6 Å². The minimum Gasteiger partial charge on any atom is -0.391 e. The molecule has 0 unspecified atom stereocenters. The molecule has 1 aliphatic carbocycles. The monoisotopic (exact) mass is 465 g/mol. The molecule has 1 aromatic heterocycles. The molecule has 4 rings (SSSR count). The molecule has 1 fully saturated rings. The molecule has 0 spiro atoms. The molecule has 1 amide bonds. The van der Waals surface area contributed by atoms with Gasteiger partial charge in [0.05, 0.1) is 35.2 Å². The van der Waals surface area contributed by atoms with Gasteiger partial charge in [0.2, 0.25) is 0 Å². The molecule has 2 heterocycles. The van der Waals surface area contributed by atoms with E-state index in [0.29, 0.717) is 11.3 Å². The zero-order chi connectivity index (χ0) is 23.0. The highest BCUT2D eigenvalue weighted by Gasteiger charge is 2.39. The molecule has 3 atom stereocenters. The number of rotatable bonds is 6. The van der Waals surface area contributed by atoms with E-state index in [1.807, 2.05) is 0 Å². The Hall–Kier alpha value is -2.99. The second-order valence-electron chi connectivity index (χ2n) is 7.87. The van der Waals surface area contributed by atoms with Crippen molar-refractivity contribution < 1.29 is 27.1 Å². The van der Waals surface area contributed by atoms with E-state index >= 15 is 0 Å². The largest absolute Gasteiger partial charge is 0.391 e. The van der Waals surface area contributed by atoms with Crippen LogP contribution in [-0.2, 0) is 27.7 Å². The standard InChI is InChI=1S/C20H21F2N5O4S/c1-32(30,31)12-5-14(16(28)6-12)27-19-17-15(25-9-26-19)8-23-18(17)20(29)24-7-10-4-11(21)2-3-13(10)22/h2-4,9,12,14,16,28H,5-8H2,1H3,(H,24,29)(H,25,26,27)/t12-,14-,16-/m0/s1. The Kier molecular flexibility index (Phi) is 5.91. The maximum Gasteiger partial charge on any atom is 0.270 e. The fraction of sp³-hybridized carbons (Fsp3) is 0.400. The Morgan fingerprint density at radius 1 is 1.25 bits per heavy atom. The maximum atomic E-state index is 13.8. The molecule has 32 heavy (non-hydrogen) atoms. The number of benzene rings is 1. The summed E-state index contributed by atoms with van der Waals surface area (Å²) >= 11 is 0. The molecule has 2 aromatic rings. The van der Waals surface area contributed by atoms with Crippen LogP contribution in [-0.4, -0.2) is 58.8 Å². The molecule has 0 bridgehead atoms. The molecule has 1 aliphatic heterocycles. The first-order valence-electron chi connectivity index (χ1n) is 9.87. The first-order chi connectivity index (χ1) is 15.1. The van der Waals surface area contributed by atoms with E-state index in [4.69, 9.17) is 0 Å². The SMILES string of the molecule is CS(=O)(=O)[C@H]1C[C@H](Nc2ncnc3c2C(C(=O)NCc2cc(F)ccc2F)=NC3)[C@@H](O)C1. The van der Waals surface area contributed by atoms with E-state index in [1.165, 1.54) is 6.33 Å². The number of hydrogen-bond donors (Lipinski definition) is 3. The highest BCUT2D eigenvalue weighted by Crippen LogP contribution is 2.30. The Labute approximate surface area is 182 Å². The summed E-state index contributed by atoms with van der Waals surface area (Å²) in [6, 6.07) is 2.38. The van der Waals surface area contributed by atoms with Crippen molar-refractivity contribution in [3.63, 3.8) is 0 Å². The summed E-state index contributed by atoms with van der Waals surface area (Å²) < 4.78 is 50.9. The number of carbonyl (C=O) groups excluding carboxylic acids is 1. The van der Waals surface area contributed by atoms with Crippen molar-refractivity contribution in [3.05, 3.63) is 53.0 Å². The molecule has 0 radical (unpaired) electrons. The molecule has 1 aromatic carbocycles. The molecule has 0 saturated heterocycles. The van der Waals surface area contributed by atoms with Gasteiger partial charge in [-0.1, -0.05) is 0 Å². The minimum atomic E-state index is -3.31. The first kappa shape index (κ1) is 22.2. The molecule has 3 N–H and O–H groups in total. The number of carbonyl (C=O) groups is 1. The molecule has 170 valence electrons. The number of fused-ring (bicyclic) bond motifs is 1. The third-order valence-electron chi connectivity index (χ3n) is 5.63. The fourth-order valence-corrected chi connectivity index (χ4v) is 5.01. The number of aliphatic imine (C=N–C) groups is 1. The predicted molar refractivity (Wildman–Crippen MR) is 112 cm³/mol. The van der Waals surface area contributed by atoms with Gasteiger partial charge in [0.15, 0.2) is 0 Å². The van der Waals surface area contributed by atoms with E-state index < -0.39 is 44.8 Å². The summed E-state index contributed by atoms with van der Waals surface area (Å²) in [4.78, 5) is 25.2. The van der Waals surface area contributed by atoms with Crippen molar-refractivity contribution in [2.24, 2.45) is 4.99 Å². The summed E-state index contributed by atoms with van der Waals surface area (Å²) in [7, 11) is -3.31. The second kappa shape index (κ2) is 8.51. The minimum absolute atomic E-state index is 0.0132. The average Bonchev–Trinajstić information content (AvgIpc) is 3.33. The summed E-state index contributed by atoms with van der Waals surface area (Å²) in [5.74, 6) is -1.65. The van der Waals surface area contributed by atoms with Crippen LogP contribution >= 0.6 is 0 Å². The van der Waals surface area contributed by atoms with Gasteiger partial charge in [-0.05, 0) is 31.0 Å². The summed E-state index contributed by atoms with van der Waals surface area (Å²) in [5.41, 5.74) is 0.823. The summed E-state index contributed by atoms with van der Waals surface area (Å²) in [5, 5.41) is 15.2. The quantitative estimate of drug-likeness (QED) is 0.572. The molecule has 1 saturated carbocycles. The number of amides is 1. The summed E-state index contributed by atoms with van der Waals surface area (Å²) in [6.07, 6.45) is 1.80. The van der Waals surface area contributed by atoms with Gasteiger partial charge in [-0.15, -0.1) is 0 Å². The Balaban J connectivity index is 1.51. The van der Waals surface area contributed by atoms with Crippen molar-refractivity contribution in [3.8, 4) is 0 Å². The predicted octanol–water partition coefficient (Wildman–Crippen LogP) is 0.722. The number of nitrogens with one attached hydrogen (secondary N) is 2. The van der Waals surface area contributed by atoms with Gasteiger partial charge in [-0.25, -0.2) is 27.2 Å². The average molecular weight is 465 g/mol. The van der Waals surface area contributed by atoms with Crippen LogP contribution in [0, 0.1) is 11.6 Å². The highest BCUT2D eigenvalue weighted by molar-refractivity contribution is 7.91. The van der Waals surface area contributed by atoms with Gasteiger partial charge in [0.25, 0.3) is 5.91 Å². The van der Waals surface area contributed by atoms with Gasteiger partial charge < -0.3 is 15.7 Å². The van der Waals surface area contributed by atoms with Crippen molar-refractivity contribution in [2.45, 2.75) is 43.3 Å². The van der Waals surface area contributed by atoms with Crippen LogP contribution in [0.1, 0.15) is 29.7 Å². The smallest absolute Gasteiger partial charge is 0.270 e. The number of aromatic nitrogens is 2. The molecular formula is C20H21F2N5O4S. The van der Waals surface area contributed by atoms with E-state index in [1.54, 1.807) is 0 Å². The molecular weight excluding hydrogens is 444 g/mol. The van der Waals surface area contributed by atoms with Crippen molar-refractivity contribution >= 4 is 27.3 Å². The van der Waals surface area contributed by atoms with Crippen molar-refractivity contribution in [1.82, 2.24) is 15.3 Å². The van der Waals surface area contributed by atoms with Crippen LogP contribution in [0.5, 0.6) is 0 Å². The lowest BCUT2D eigenvalue weighted by atomic mass is 10.1. The van der Waals surface area contributed by atoms with Gasteiger partial charge in [-0.3, -0.25) is 9.79 Å². The number of aliphatic hydroxyl groups excluding tert-OH is 1. The van der Waals surface area contributed by atoms with E-state index in [-0.39, 0.29) is 43.0 Å². The number of anilines is 1. The Bertz CT molecular complexity index is 1200. The number of hydrogen-bond acceptors (Lipinski definition) is 8. The van der Waals surface area contributed by atoms with Crippen molar-refractivity contribution in [2.75, 3.05) is 11.6 Å². The highest BCUT2D eigenvalue weighted by atomic mass is 32.2. The van der Waals surface area contributed by atoms with Crippen molar-refractivity contribution in [1.29, 1.82) is 0 Å². The lowest BCUT2D eigenvalue weighted by Gasteiger charge is -2.19. The molecule has 2 aliphatic rings. The van der Waals surface area contributed by atoms with Gasteiger partial charge in [-0.2, -0.15) is 0 Å². The normalized spacial score (nSPS) is 22.4. The molecule has 12 heteroatoms. The van der Waals surface area contributed by atoms with Crippen LogP contribution < -0.4 is 10.6 Å². The summed E-state index contributed by atoms with van der Waals surface area (Å²) in [6.45, 7) is -0.118. The lowest BCUT2D eigenvalue weighted by molar-refractivity contribution is -0.114. The number of aliphatic hydroxyl groups is 1. The fourth-order valence-electron chi connectivity index (χ4n) is 3.91. The topological polar surface area (TPSA) is 134 Å². The Morgan fingerprint density at radius 2 is 2.03 bits per heavy atom. The van der Waals surface area contributed by atoms with Crippen LogP contribution in [0.4, 0.5) is 14.6 Å². The Morgan fingerprint density at radius 3 is 2.75 bits per heavy atom. The second-order valence-corrected chi connectivity index (χ2v) is 10.2. The van der Waals surface area contributed by atoms with Crippen LogP contribution in [0.3, 0.4) is 0 Å². The van der Waals surface area contributed by atoms with Gasteiger partial charge >= 0.3 is 0 Å². The number of sulfone groups is 1. The molecule has 9 nitrogen and oxygen atoms in total. The maximum absolute atomic E-state index is 13.8. The van der Waals surface area contributed by atoms with Crippen LogP contribution in [0.15, 0.2) is 29.5 Å². The third-order valence-corrected chi connectivity index (χ3v) is 7.22. The zero-order valence-electron chi connectivity index (χ0n) is 17.0. The number of nitrogens with zero attached hydrogens (tertiary/aromatic N) is 3. The van der Waals surface area contributed by atoms with E-state index in [9.17, 15) is 27.1 Å².